The van der Waals surface area contributed by atoms with Crippen LogP contribution in [-0.4, -0.2) is 17.7 Å². The first-order valence-electron chi connectivity index (χ1n) is 7.90. The van der Waals surface area contributed by atoms with E-state index in [9.17, 15) is 9.90 Å². The normalized spacial score (nSPS) is 10.7. The van der Waals surface area contributed by atoms with Gasteiger partial charge >= 0.3 is 5.97 Å². The summed E-state index contributed by atoms with van der Waals surface area (Å²) in [5.74, 6) is 0.252. The number of rotatable bonds is 5. The van der Waals surface area contributed by atoms with Crippen LogP contribution in [-0.2, 0) is 6.61 Å². The maximum Gasteiger partial charge on any atom is 0.344 e. The second-order valence-electron chi connectivity index (χ2n) is 5.41. The summed E-state index contributed by atoms with van der Waals surface area (Å²) >= 11 is 3.39. The average Bonchev–Trinajstić information content (AvgIpc) is 2.63. The number of fused-ring (bicyclic) bond motifs is 1. The third-order valence-corrected chi connectivity index (χ3v) is 4.35. The van der Waals surface area contributed by atoms with Crippen molar-refractivity contribution in [3.63, 3.8) is 0 Å². The zero-order valence-electron chi connectivity index (χ0n) is 13.7. The number of aliphatic hydroxyl groups excluding tert-OH is 1. The first kappa shape index (κ1) is 17.5. The Bertz CT molecular complexity index is 915. The topological polar surface area (TPSA) is 55.8 Å². The van der Waals surface area contributed by atoms with Crippen LogP contribution >= 0.6 is 15.9 Å². The lowest BCUT2D eigenvalue weighted by atomic mass is 10.0. The van der Waals surface area contributed by atoms with Gasteiger partial charge in [-0.05, 0) is 57.4 Å². The van der Waals surface area contributed by atoms with Crippen molar-refractivity contribution >= 4 is 32.7 Å². The van der Waals surface area contributed by atoms with Gasteiger partial charge in [-0.1, -0.05) is 36.4 Å². The van der Waals surface area contributed by atoms with Crippen molar-refractivity contribution in [2.24, 2.45) is 0 Å². The van der Waals surface area contributed by atoms with Crippen molar-refractivity contribution in [3.8, 4) is 11.5 Å². The van der Waals surface area contributed by atoms with Gasteiger partial charge in [0, 0.05) is 0 Å². The van der Waals surface area contributed by atoms with Gasteiger partial charge in [-0.3, -0.25) is 0 Å². The van der Waals surface area contributed by atoms with Crippen molar-refractivity contribution in [1.82, 2.24) is 0 Å². The van der Waals surface area contributed by atoms with Gasteiger partial charge in [0.15, 0.2) is 11.5 Å². The summed E-state index contributed by atoms with van der Waals surface area (Å²) < 4.78 is 11.7. The standard InChI is InChI=1S/C20H17BrO4/c1-2-24-18-11-13(12-22)10-17(21)19(18)25-20(23)16-9-5-7-14-6-3-4-8-15(14)16/h3-11,22H,2,12H2,1H3. The summed E-state index contributed by atoms with van der Waals surface area (Å²) in [7, 11) is 0. The maximum absolute atomic E-state index is 12.7. The summed E-state index contributed by atoms with van der Waals surface area (Å²) in [5, 5.41) is 11.1. The molecular weight excluding hydrogens is 384 g/mol. The molecule has 128 valence electrons. The maximum atomic E-state index is 12.7. The Kier molecular flexibility index (Phi) is 5.36. The Morgan fingerprint density at radius 2 is 1.88 bits per heavy atom. The molecule has 0 fully saturated rings. The highest BCUT2D eigenvalue weighted by Crippen LogP contribution is 2.37. The molecule has 0 heterocycles. The van der Waals surface area contributed by atoms with Crippen molar-refractivity contribution in [2.75, 3.05) is 6.61 Å². The molecule has 0 aliphatic carbocycles. The molecule has 0 atom stereocenters. The third-order valence-electron chi connectivity index (χ3n) is 3.76. The molecule has 0 radical (unpaired) electrons. The molecule has 4 nitrogen and oxygen atoms in total. The van der Waals surface area contributed by atoms with E-state index in [1.54, 1.807) is 18.2 Å². The monoisotopic (exact) mass is 400 g/mol. The first-order valence-corrected chi connectivity index (χ1v) is 8.69. The Hall–Kier alpha value is -2.37. The van der Waals surface area contributed by atoms with Crippen molar-refractivity contribution in [1.29, 1.82) is 0 Å². The number of carbonyl (C=O) groups excluding carboxylic acids is 1. The minimum Gasteiger partial charge on any atom is -0.490 e. The number of hydrogen-bond acceptors (Lipinski definition) is 4. The van der Waals surface area contributed by atoms with E-state index in [2.05, 4.69) is 15.9 Å². The number of carbonyl (C=O) groups is 1. The van der Waals surface area contributed by atoms with Crippen LogP contribution in [0.5, 0.6) is 11.5 Å². The third kappa shape index (κ3) is 3.67. The Morgan fingerprint density at radius 1 is 1.12 bits per heavy atom. The Balaban J connectivity index is 2.00. The fourth-order valence-electron chi connectivity index (χ4n) is 2.63. The van der Waals surface area contributed by atoms with Gasteiger partial charge in [0.05, 0.1) is 23.2 Å². The fourth-order valence-corrected chi connectivity index (χ4v) is 3.20. The number of ether oxygens (including phenoxy) is 2. The molecule has 0 amide bonds. The zero-order chi connectivity index (χ0) is 17.8. The molecule has 3 rings (SSSR count). The molecule has 3 aromatic carbocycles. The molecule has 5 heteroatoms. The van der Waals surface area contributed by atoms with E-state index in [0.29, 0.717) is 33.7 Å². The molecule has 0 bridgehead atoms. The summed E-state index contributed by atoms with van der Waals surface area (Å²) in [5.41, 5.74) is 1.15. The first-order chi connectivity index (χ1) is 12.1. The molecule has 0 aliphatic rings. The van der Waals surface area contributed by atoms with Crippen LogP contribution in [0.15, 0.2) is 59.1 Å². The highest BCUT2D eigenvalue weighted by atomic mass is 79.9. The lowest BCUT2D eigenvalue weighted by Crippen LogP contribution is -2.11. The summed E-state index contributed by atoms with van der Waals surface area (Å²) in [6.07, 6.45) is 0. The van der Waals surface area contributed by atoms with Crippen molar-refractivity contribution < 1.29 is 19.4 Å². The lowest BCUT2D eigenvalue weighted by Gasteiger charge is -2.14. The largest absolute Gasteiger partial charge is 0.490 e. The minimum atomic E-state index is -0.463. The average molecular weight is 401 g/mol. The molecule has 0 saturated heterocycles. The van der Waals surface area contributed by atoms with Gasteiger partial charge in [-0.25, -0.2) is 4.79 Å². The second-order valence-corrected chi connectivity index (χ2v) is 6.27. The van der Waals surface area contributed by atoms with E-state index in [0.717, 1.165) is 10.8 Å². The summed E-state index contributed by atoms with van der Waals surface area (Å²) in [6.45, 7) is 2.13. The quantitative estimate of drug-likeness (QED) is 0.497. The summed E-state index contributed by atoms with van der Waals surface area (Å²) in [6, 6.07) is 16.5. The lowest BCUT2D eigenvalue weighted by molar-refractivity contribution is 0.0729. The molecule has 0 saturated carbocycles. The molecular formula is C20H17BrO4. The highest BCUT2D eigenvalue weighted by Gasteiger charge is 2.18. The van der Waals surface area contributed by atoms with Crippen molar-refractivity contribution in [3.05, 3.63) is 70.2 Å². The molecule has 25 heavy (non-hydrogen) atoms. The van der Waals surface area contributed by atoms with Crippen LogP contribution in [0.25, 0.3) is 10.8 Å². The predicted octanol–water partition coefficient (Wildman–Crippen LogP) is 4.71. The molecule has 0 spiro atoms. The number of benzene rings is 3. The van der Waals surface area contributed by atoms with Crippen LogP contribution in [0.4, 0.5) is 0 Å². The Morgan fingerprint density at radius 3 is 2.64 bits per heavy atom. The number of hydrogen-bond donors (Lipinski definition) is 1. The van der Waals surface area contributed by atoms with Crippen LogP contribution in [0.2, 0.25) is 0 Å². The van der Waals surface area contributed by atoms with Crippen molar-refractivity contribution in [2.45, 2.75) is 13.5 Å². The highest BCUT2D eigenvalue weighted by molar-refractivity contribution is 9.10. The predicted molar refractivity (Wildman–Crippen MR) is 100 cm³/mol. The van der Waals surface area contributed by atoms with E-state index >= 15 is 0 Å². The zero-order valence-corrected chi connectivity index (χ0v) is 15.2. The number of esters is 1. The second kappa shape index (κ2) is 7.68. The molecule has 0 aliphatic heterocycles. The SMILES string of the molecule is CCOc1cc(CO)cc(Br)c1OC(=O)c1cccc2ccccc12. The molecule has 1 N–H and O–H groups in total. The van der Waals surface area contributed by atoms with E-state index < -0.39 is 5.97 Å². The van der Waals surface area contributed by atoms with Crippen LogP contribution in [0.1, 0.15) is 22.8 Å². The van der Waals surface area contributed by atoms with Gasteiger partial charge < -0.3 is 14.6 Å². The van der Waals surface area contributed by atoms with Gasteiger partial charge in [0.25, 0.3) is 0 Å². The van der Waals surface area contributed by atoms with E-state index in [-0.39, 0.29) is 6.61 Å². The molecule has 0 unspecified atom stereocenters. The molecule has 0 aromatic heterocycles. The van der Waals surface area contributed by atoms with Gasteiger partial charge in [0.2, 0.25) is 0 Å². The van der Waals surface area contributed by atoms with Crippen LogP contribution < -0.4 is 9.47 Å². The van der Waals surface area contributed by atoms with E-state index in [4.69, 9.17) is 9.47 Å². The van der Waals surface area contributed by atoms with E-state index in [1.807, 2.05) is 43.3 Å². The van der Waals surface area contributed by atoms with Gasteiger partial charge in [-0.15, -0.1) is 0 Å². The molecule has 3 aromatic rings. The minimum absolute atomic E-state index is 0.129. The van der Waals surface area contributed by atoms with Crippen LogP contribution in [0.3, 0.4) is 0 Å². The fraction of sp³-hybridized carbons (Fsp3) is 0.150. The Labute approximate surface area is 154 Å². The summed E-state index contributed by atoms with van der Waals surface area (Å²) in [4.78, 5) is 12.7. The van der Waals surface area contributed by atoms with Gasteiger partial charge in [0.1, 0.15) is 0 Å². The number of halogens is 1. The van der Waals surface area contributed by atoms with Gasteiger partial charge in [-0.2, -0.15) is 0 Å². The smallest absolute Gasteiger partial charge is 0.344 e. The van der Waals surface area contributed by atoms with E-state index in [1.165, 1.54) is 0 Å². The van der Waals surface area contributed by atoms with Crippen LogP contribution in [0, 0.1) is 0 Å². The number of aliphatic hydroxyl groups is 1.